The number of aromatic amines is 1. The summed E-state index contributed by atoms with van der Waals surface area (Å²) in [6, 6.07) is 12.1. The van der Waals surface area contributed by atoms with Crippen LogP contribution >= 0.6 is 0 Å². The zero-order chi connectivity index (χ0) is 14.8. The second kappa shape index (κ2) is 6.20. The van der Waals surface area contributed by atoms with Gasteiger partial charge in [0.25, 0.3) is 0 Å². The number of rotatable bonds is 4. The highest BCUT2D eigenvalue weighted by molar-refractivity contribution is 5.80. The van der Waals surface area contributed by atoms with E-state index in [4.69, 9.17) is 0 Å². The molecule has 0 radical (unpaired) electrons. The van der Waals surface area contributed by atoms with E-state index < -0.39 is 0 Å². The zero-order valence-electron chi connectivity index (χ0n) is 13.4. The molecule has 1 aromatic heterocycles. The quantitative estimate of drug-likeness (QED) is 0.904. The summed E-state index contributed by atoms with van der Waals surface area (Å²) in [7, 11) is 2.24. The lowest BCUT2D eigenvalue weighted by Crippen LogP contribution is -2.51. The van der Waals surface area contributed by atoms with Crippen molar-refractivity contribution < 1.29 is 0 Å². The Bertz CT molecular complexity index is 556. The molecule has 0 unspecified atom stereocenters. The molecule has 3 atom stereocenters. The molecule has 2 heterocycles. The van der Waals surface area contributed by atoms with Gasteiger partial charge in [0.1, 0.15) is 0 Å². The molecule has 0 bridgehead atoms. The second-order valence-electron chi connectivity index (χ2n) is 6.69. The van der Waals surface area contributed by atoms with Gasteiger partial charge in [0.15, 0.2) is 0 Å². The summed E-state index contributed by atoms with van der Waals surface area (Å²) in [5.74, 6) is 0.730. The molecule has 1 aliphatic heterocycles. The average molecular weight is 285 g/mol. The first-order valence-corrected chi connectivity index (χ1v) is 8.13. The van der Waals surface area contributed by atoms with Crippen molar-refractivity contribution >= 4 is 10.9 Å². The van der Waals surface area contributed by atoms with Crippen molar-refractivity contribution in [1.29, 1.82) is 0 Å². The molecule has 0 aliphatic carbocycles. The van der Waals surface area contributed by atoms with Gasteiger partial charge in [-0.25, -0.2) is 0 Å². The predicted octanol–water partition coefficient (Wildman–Crippen LogP) is 3.03. The Morgan fingerprint density at radius 2 is 2.10 bits per heavy atom. The molecule has 3 rings (SSSR count). The zero-order valence-corrected chi connectivity index (χ0v) is 13.4. The standard InChI is InChI=1S/C18H27N3/c1-13-12-21(3)14(2)10-18(13)19-9-8-16-11-15-6-4-5-7-17(15)20-16/h4-7,11,13-14,18-20H,8-10,12H2,1-3H3/t13-,14+,18-/m1/s1. The normalized spacial score (nSPS) is 27.3. The van der Waals surface area contributed by atoms with E-state index in [0.29, 0.717) is 12.1 Å². The van der Waals surface area contributed by atoms with E-state index in [0.717, 1.165) is 18.9 Å². The van der Waals surface area contributed by atoms with Crippen molar-refractivity contribution in [2.45, 2.75) is 38.8 Å². The Labute approximate surface area is 127 Å². The predicted molar refractivity (Wildman–Crippen MR) is 89.7 cm³/mol. The van der Waals surface area contributed by atoms with Crippen LogP contribution in [0.15, 0.2) is 30.3 Å². The highest BCUT2D eigenvalue weighted by Crippen LogP contribution is 2.21. The lowest BCUT2D eigenvalue weighted by atomic mass is 9.90. The van der Waals surface area contributed by atoms with E-state index in [1.54, 1.807) is 0 Å². The lowest BCUT2D eigenvalue weighted by molar-refractivity contribution is 0.122. The van der Waals surface area contributed by atoms with Crippen LogP contribution in [0.2, 0.25) is 0 Å². The lowest BCUT2D eigenvalue weighted by Gasteiger charge is -2.40. The smallest absolute Gasteiger partial charge is 0.0456 e. The fraction of sp³-hybridized carbons (Fsp3) is 0.556. The van der Waals surface area contributed by atoms with Crippen LogP contribution in [-0.4, -0.2) is 42.1 Å². The number of nitrogens with zero attached hydrogens (tertiary/aromatic N) is 1. The van der Waals surface area contributed by atoms with E-state index in [9.17, 15) is 0 Å². The molecular formula is C18H27N3. The largest absolute Gasteiger partial charge is 0.358 e. The number of piperidine rings is 1. The molecule has 3 heteroatoms. The summed E-state index contributed by atoms with van der Waals surface area (Å²) in [4.78, 5) is 5.98. The molecule has 21 heavy (non-hydrogen) atoms. The number of nitrogens with one attached hydrogen (secondary N) is 2. The van der Waals surface area contributed by atoms with Gasteiger partial charge >= 0.3 is 0 Å². The van der Waals surface area contributed by atoms with Crippen LogP contribution in [0.25, 0.3) is 10.9 Å². The third kappa shape index (κ3) is 3.30. The first-order chi connectivity index (χ1) is 10.1. The van der Waals surface area contributed by atoms with Gasteiger partial charge in [-0.3, -0.25) is 0 Å². The van der Waals surface area contributed by atoms with Crippen molar-refractivity contribution in [2.75, 3.05) is 20.1 Å². The first-order valence-electron chi connectivity index (χ1n) is 8.13. The minimum absolute atomic E-state index is 0.653. The molecule has 0 amide bonds. The molecule has 1 aliphatic rings. The average Bonchev–Trinajstić information content (AvgIpc) is 2.87. The van der Waals surface area contributed by atoms with Gasteiger partial charge in [-0.2, -0.15) is 0 Å². The van der Waals surface area contributed by atoms with Gasteiger partial charge in [0.05, 0.1) is 0 Å². The summed E-state index contributed by atoms with van der Waals surface area (Å²) in [6.07, 6.45) is 2.33. The van der Waals surface area contributed by atoms with Crippen LogP contribution in [0.5, 0.6) is 0 Å². The minimum Gasteiger partial charge on any atom is -0.358 e. The summed E-state index contributed by atoms with van der Waals surface area (Å²) in [5, 5.41) is 5.08. The number of para-hydroxylation sites is 1. The van der Waals surface area contributed by atoms with Crippen molar-refractivity contribution in [3.8, 4) is 0 Å². The number of hydrogen-bond donors (Lipinski definition) is 2. The Morgan fingerprint density at radius 1 is 1.29 bits per heavy atom. The van der Waals surface area contributed by atoms with Crippen molar-refractivity contribution in [2.24, 2.45) is 5.92 Å². The molecule has 1 fully saturated rings. The summed E-state index contributed by atoms with van der Waals surface area (Å²) < 4.78 is 0. The van der Waals surface area contributed by atoms with E-state index >= 15 is 0 Å². The summed E-state index contributed by atoms with van der Waals surface area (Å²) in [6.45, 7) is 6.95. The number of benzene rings is 1. The van der Waals surface area contributed by atoms with Gasteiger partial charge in [-0.05, 0) is 50.2 Å². The van der Waals surface area contributed by atoms with Crippen molar-refractivity contribution in [3.05, 3.63) is 36.0 Å². The topological polar surface area (TPSA) is 31.1 Å². The van der Waals surface area contributed by atoms with E-state index in [-0.39, 0.29) is 0 Å². The molecule has 1 aromatic carbocycles. The van der Waals surface area contributed by atoms with E-state index in [1.807, 2.05) is 0 Å². The molecule has 3 nitrogen and oxygen atoms in total. The fourth-order valence-corrected chi connectivity index (χ4v) is 3.49. The van der Waals surface area contributed by atoms with E-state index in [1.165, 1.54) is 29.6 Å². The van der Waals surface area contributed by atoms with Gasteiger partial charge in [0, 0.05) is 36.4 Å². The SMILES string of the molecule is C[C@@H]1CN(C)[C@@H](C)C[C@H]1NCCc1cc2ccccc2[nH]1. The fourth-order valence-electron chi connectivity index (χ4n) is 3.49. The maximum atomic E-state index is 3.77. The maximum Gasteiger partial charge on any atom is 0.0456 e. The van der Waals surface area contributed by atoms with Crippen LogP contribution < -0.4 is 5.32 Å². The van der Waals surface area contributed by atoms with Gasteiger partial charge in [-0.1, -0.05) is 25.1 Å². The van der Waals surface area contributed by atoms with Crippen LogP contribution in [0.1, 0.15) is 26.0 Å². The molecule has 0 saturated carbocycles. The maximum absolute atomic E-state index is 3.77. The van der Waals surface area contributed by atoms with E-state index in [2.05, 4.69) is 66.4 Å². The Morgan fingerprint density at radius 3 is 2.90 bits per heavy atom. The first kappa shape index (κ1) is 14.6. The number of H-pyrrole nitrogens is 1. The molecule has 2 aromatic rings. The number of hydrogen-bond acceptors (Lipinski definition) is 2. The number of likely N-dealkylation sites (tertiary alicyclic amines) is 1. The summed E-state index contributed by atoms with van der Waals surface area (Å²) >= 11 is 0. The number of aromatic nitrogens is 1. The molecule has 114 valence electrons. The van der Waals surface area contributed by atoms with Crippen LogP contribution in [0.3, 0.4) is 0 Å². The van der Waals surface area contributed by atoms with Crippen LogP contribution in [0, 0.1) is 5.92 Å². The molecular weight excluding hydrogens is 258 g/mol. The highest BCUT2D eigenvalue weighted by atomic mass is 15.2. The Kier molecular flexibility index (Phi) is 4.32. The highest BCUT2D eigenvalue weighted by Gasteiger charge is 2.28. The summed E-state index contributed by atoms with van der Waals surface area (Å²) in [5.41, 5.74) is 2.58. The van der Waals surface area contributed by atoms with Gasteiger partial charge in [0.2, 0.25) is 0 Å². The molecule has 2 N–H and O–H groups in total. The third-order valence-electron chi connectivity index (χ3n) is 5.00. The Hall–Kier alpha value is -1.32. The van der Waals surface area contributed by atoms with Gasteiger partial charge in [-0.15, -0.1) is 0 Å². The van der Waals surface area contributed by atoms with Crippen molar-refractivity contribution in [1.82, 2.24) is 15.2 Å². The number of fused-ring (bicyclic) bond motifs is 1. The Balaban J connectivity index is 1.53. The molecule has 1 saturated heterocycles. The monoisotopic (exact) mass is 285 g/mol. The second-order valence-corrected chi connectivity index (χ2v) is 6.69. The third-order valence-corrected chi connectivity index (χ3v) is 5.00. The van der Waals surface area contributed by atoms with Crippen LogP contribution in [0.4, 0.5) is 0 Å². The molecule has 0 spiro atoms. The van der Waals surface area contributed by atoms with Crippen LogP contribution in [-0.2, 0) is 6.42 Å². The minimum atomic E-state index is 0.653. The van der Waals surface area contributed by atoms with Gasteiger partial charge < -0.3 is 15.2 Å². The van der Waals surface area contributed by atoms with Crippen molar-refractivity contribution in [3.63, 3.8) is 0 Å².